The Morgan fingerprint density at radius 2 is 1.47 bits per heavy atom. The Balaban J connectivity index is 2.11. The first kappa shape index (κ1) is 13.6. The maximum atomic E-state index is 5.41. The Morgan fingerprint density at radius 1 is 0.842 bits per heavy atom. The smallest absolute Gasteiger partial charge is 0.123 e. The van der Waals surface area contributed by atoms with E-state index in [9.17, 15) is 0 Å². The summed E-state index contributed by atoms with van der Waals surface area (Å²) in [5.74, 6) is 0.933. The zero-order valence-corrected chi connectivity index (χ0v) is 11.8. The third-order valence-corrected chi connectivity index (χ3v) is 3.41. The van der Waals surface area contributed by atoms with Crippen LogP contribution in [0.4, 0.5) is 0 Å². The maximum absolute atomic E-state index is 5.41. The highest BCUT2D eigenvalue weighted by Gasteiger charge is 2.13. The summed E-state index contributed by atoms with van der Waals surface area (Å²) < 4.78 is 5.41. The van der Waals surface area contributed by atoms with Crippen molar-refractivity contribution in [3.63, 3.8) is 0 Å². The monoisotopic (exact) mass is 255 g/mol. The Bertz CT molecular complexity index is 510. The third kappa shape index (κ3) is 3.36. The van der Waals surface area contributed by atoms with Crippen LogP contribution >= 0.6 is 0 Å². The number of rotatable bonds is 5. The van der Waals surface area contributed by atoms with Crippen LogP contribution in [-0.4, -0.2) is 7.11 Å². The molecule has 2 aromatic rings. The Morgan fingerprint density at radius 3 is 2.16 bits per heavy atom. The predicted molar refractivity (Wildman–Crippen MR) is 79.4 cm³/mol. The van der Waals surface area contributed by atoms with Crippen molar-refractivity contribution in [3.05, 3.63) is 65.7 Å². The molecule has 100 valence electrons. The van der Waals surface area contributed by atoms with E-state index in [2.05, 4.69) is 49.5 Å². The van der Waals surface area contributed by atoms with Crippen molar-refractivity contribution < 1.29 is 4.74 Å². The summed E-state index contributed by atoms with van der Waals surface area (Å²) in [6.45, 7) is 4.35. The fourth-order valence-corrected chi connectivity index (χ4v) is 2.33. The number of hydrogen-bond donors (Lipinski definition) is 1. The standard InChI is InChI=1S/C17H21NO/c1-13(15-9-5-4-6-10-15)18-14(2)16-11-7-8-12-17(16)19-3/h4-14,18H,1-3H3/t13-,14?/m1/s1. The lowest BCUT2D eigenvalue weighted by Gasteiger charge is -2.22. The summed E-state index contributed by atoms with van der Waals surface area (Å²) in [6.07, 6.45) is 0. The molecule has 0 radical (unpaired) electrons. The van der Waals surface area contributed by atoms with E-state index < -0.39 is 0 Å². The van der Waals surface area contributed by atoms with Crippen LogP contribution < -0.4 is 10.1 Å². The SMILES string of the molecule is COc1ccccc1C(C)N[C@H](C)c1ccccc1. The van der Waals surface area contributed by atoms with Crippen molar-refractivity contribution in [1.29, 1.82) is 0 Å². The van der Waals surface area contributed by atoms with Gasteiger partial charge < -0.3 is 10.1 Å². The van der Waals surface area contributed by atoms with Gasteiger partial charge in [-0.25, -0.2) is 0 Å². The zero-order valence-electron chi connectivity index (χ0n) is 11.8. The van der Waals surface area contributed by atoms with Gasteiger partial charge in [-0.1, -0.05) is 48.5 Å². The number of nitrogens with one attached hydrogen (secondary N) is 1. The summed E-state index contributed by atoms with van der Waals surface area (Å²) in [6, 6.07) is 19.2. The van der Waals surface area contributed by atoms with Gasteiger partial charge in [-0.2, -0.15) is 0 Å². The molecular formula is C17H21NO. The molecule has 2 nitrogen and oxygen atoms in total. The van der Waals surface area contributed by atoms with E-state index in [4.69, 9.17) is 4.74 Å². The summed E-state index contributed by atoms with van der Waals surface area (Å²) in [4.78, 5) is 0. The third-order valence-electron chi connectivity index (χ3n) is 3.41. The van der Waals surface area contributed by atoms with E-state index in [1.807, 2.05) is 24.3 Å². The second-order valence-corrected chi connectivity index (χ2v) is 4.76. The molecule has 0 heterocycles. The second kappa shape index (κ2) is 6.39. The van der Waals surface area contributed by atoms with Crippen molar-refractivity contribution in [1.82, 2.24) is 5.32 Å². The van der Waals surface area contributed by atoms with E-state index in [0.29, 0.717) is 6.04 Å². The molecule has 0 saturated heterocycles. The van der Waals surface area contributed by atoms with Crippen LogP contribution in [0.1, 0.15) is 37.1 Å². The fourth-order valence-electron chi connectivity index (χ4n) is 2.33. The number of hydrogen-bond acceptors (Lipinski definition) is 2. The normalized spacial score (nSPS) is 13.8. The number of ether oxygens (including phenoxy) is 1. The van der Waals surface area contributed by atoms with Crippen LogP contribution in [0, 0.1) is 0 Å². The van der Waals surface area contributed by atoms with E-state index in [-0.39, 0.29) is 6.04 Å². The average molecular weight is 255 g/mol. The second-order valence-electron chi connectivity index (χ2n) is 4.76. The van der Waals surface area contributed by atoms with Crippen molar-refractivity contribution in [3.8, 4) is 5.75 Å². The summed E-state index contributed by atoms with van der Waals surface area (Å²) >= 11 is 0. The summed E-state index contributed by atoms with van der Waals surface area (Å²) in [7, 11) is 1.71. The van der Waals surface area contributed by atoms with E-state index in [0.717, 1.165) is 5.75 Å². The van der Waals surface area contributed by atoms with Gasteiger partial charge in [-0.05, 0) is 25.5 Å². The molecule has 1 N–H and O–H groups in total. The lowest BCUT2D eigenvalue weighted by atomic mass is 10.0. The van der Waals surface area contributed by atoms with Crippen molar-refractivity contribution in [2.24, 2.45) is 0 Å². The van der Waals surface area contributed by atoms with Crippen LogP contribution in [0.3, 0.4) is 0 Å². The van der Waals surface area contributed by atoms with Gasteiger partial charge in [0.1, 0.15) is 5.75 Å². The zero-order chi connectivity index (χ0) is 13.7. The molecule has 0 fully saturated rings. The topological polar surface area (TPSA) is 21.3 Å². The van der Waals surface area contributed by atoms with E-state index in [1.54, 1.807) is 7.11 Å². The number of methoxy groups -OCH3 is 1. The summed E-state index contributed by atoms with van der Waals surface area (Å²) in [5.41, 5.74) is 2.48. The van der Waals surface area contributed by atoms with Gasteiger partial charge in [0, 0.05) is 17.6 Å². The predicted octanol–water partition coefficient (Wildman–Crippen LogP) is 4.11. The van der Waals surface area contributed by atoms with Gasteiger partial charge in [-0.3, -0.25) is 0 Å². The Kier molecular flexibility index (Phi) is 4.58. The molecular weight excluding hydrogens is 234 g/mol. The molecule has 0 aliphatic heterocycles. The first-order valence-corrected chi connectivity index (χ1v) is 6.66. The Hall–Kier alpha value is -1.80. The molecule has 0 saturated carbocycles. The molecule has 0 amide bonds. The van der Waals surface area contributed by atoms with Gasteiger partial charge in [0.25, 0.3) is 0 Å². The van der Waals surface area contributed by atoms with Crippen LogP contribution in [0.15, 0.2) is 54.6 Å². The molecule has 19 heavy (non-hydrogen) atoms. The molecule has 2 aromatic carbocycles. The highest BCUT2D eigenvalue weighted by atomic mass is 16.5. The summed E-state index contributed by atoms with van der Waals surface area (Å²) in [5, 5.41) is 3.61. The van der Waals surface area contributed by atoms with Gasteiger partial charge in [0.15, 0.2) is 0 Å². The molecule has 2 heteroatoms. The van der Waals surface area contributed by atoms with Crippen molar-refractivity contribution >= 4 is 0 Å². The molecule has 2 rings (SSSR count). The van der Waals surface area contributed by atoms with Crippen molar-refractivity contribution in [2.45, 2.75) is 25.9 Å². The van der Waals surface area contributed by atoms with Gasteiger partial charge in [0.05, 0.1) is 7.11 Å². The van der Waals surface area contributed by atoms with Crippen LogP contribution in [-0.2, 0) is 0 Å². The van der Waals surface area contributed by atoms with Gasteiger partial charge in [-0.15, -0.1) is 0 Å². The highest BCUT2D eigenvalue weighted by Crippen LogP contribution is 2.26. The fraction of sp³-hybridized carbons (Fsp3) is 0.294. The molecule has 1 unspecified atom stereocenters. The molecule has 2 atom stereocenters. The largest absolute Gasteiger partial charge is 0.496 e. The minimum atomic E-state index is 0.242. The quantitative estimate of drug-likeness (QED) is 0.868. The van der Waals surface area contributed by atoms with Crippen LogP contribution in [0.5, 0.6) is 5.75 Å². The molecule has 0 spiro atoms. The van der Waals surface area contributed by atoms with Gasteiger partial charge in [0.2, 0.25) is 0 Å². The van der Waals surface area contributed by atoms with E-state index in [1.165, 1.54) is 11.1 Å². The minimum absolute atomic E-state index is 0.242. The number of benzene rings is 2. The molecule has 0 bridgehead atoms. The first-order valence-electron chi connectivity index (χ1n) is 6.66. The molecule has 0 aliphatic carbocycles. The van der Waals surface area contributed by atoms with Crippen LogP contribution in [0.2, 0.25) is 0 Å². The lowest BCUT2D eigenvalue weighted by molar-refractivity contribution is 0.396. The Labute approximate surface area is 115 Å². The average Bonchev–Trinajstić information content (AvgIpc) is 2.48. The first-order chi connectivity index (χ1) is 9.22. The number of para-hydroxylation sites is 1. The highest BCUT2D eigenvalue weighted by molar-refractivity contribution is 5.35. The van der Waals surface area contributed by atoms with Crippen molar-refractivity contribution in [2.75, 3.05) is 7.11 Å². The van der Waals surface area contributed by atoms with Crippen LogP contribution in [0.25, 0.3) is 0 Å². The molecule has 0 aromatic heterocycles. The lowest BCUT2D eigenvalue weighted by Crippen LogP contribution is -2.22. The molecule has 0 aliphatic rings. The maximum Gasteiger partial charge on any atom is 0.123 e. The minimum Gasteiger partial charge on any atom is -0.496 e. The van der Waals surface area contributed by atoms with E-state index >= 15 is 0 Å². The van der Waals surface area contributed by atoms with Gasteiger partial charge >= 0.3 is 0 Å².